The lowest BCUT2D eigenvalue weighted by Gasteiger charge is -1.99. The highest BCUT2D eigenvalue weighted by Gasteiger charge is 2.11. The van der Waals surface area contributed by atoms with E-state index in [0.717, 1.165) is 16.8 Å². The van der Waals surface area contributed by atoms with Crippen molar-refractivity contribution in [3.05, 3.63) is 58.6 Å². The molecular formula is C13H11N3O. The first kappa shape index (κ1) is 9.84. The number of H-pyrrole nitrogens is 1. The number of hydrogen-bond acceptors (Lipinski definition) is 2. The van der Waals surface area contributed by atoms with Crippen LogP contribution in [0.25, 0.3) is 16.8 Å². The van der Waals surface area contributed by atoms with Gasteiger partial charge in [0, 0.05) is 23.5 Å². The molecule has 0 atom stereocenters. The van der Waals surface area contributed by atoms with Crippen molar-refractivity contribution in [1.82, 2.24) is 14.6 Å². The van der Waals surface area contributed by atoms with Crippen LogP contribution in [-0.4, -0.2) is 14.6 Å². The zero-order valence-corrected chi connectivity index (χ0v) is 9.34. The van der Waals surface area contributed by atoms with Crippen LogP contribution in [0.4, 0.5) is 0 Å². The molecule has 0 fully saturated rings. The lowest BCUT2D eigenvalue weighted by Crippen LogP contribution is -2.12. The number of hydrogen-bond donors (Lipinski definition) is 1. The molecule has 4 nitrogen and oxygen atoms in total. The first-order chi connectivity index (χ1) is 8.27. The number of rotatable bonds is 1. The number of aromatic nitrogens is 3. The molecule has 17 heavy (non-hydrogen) atoms. The topological polar surface area (TPSA) is 50.2 Å². The highest BCUT2D eigenvalue weighted by molar-refractivity contribution is 5.79. The van der Waals surface area contributed by atoms with Crippen LogP contribution in [0.5, 0.6) is 0 Å². The summed E-state index contributed by atoms with van der Waals surface area (Å²) in [6, 6.07) is 11.4. The third-order valence-electron chi connectivity index (χ3n) is 2.79. The maximum atomic E-state index is 11.7. The Kier molecular flexibility index (Phi) is 2.08. The van der Waals surface area contributed by atoms with E-state index in [1.54, 1.807) is 0 Å². The first-order valence-corrected chi connectivity index (χ1v) is 5.39. The zero-order chi connectivity index (χ0) is 11.8. The second-order valence-electron chi connectivity index (χ2n) is 3.92. The van der Waals surface area contributed by atoms with Crippen molar-refractivity contribution in [3.8, 4) is 11.1 Å². The van der Waals surface area contributed by atoms with Crippen molar-refractivity contribution >= 4 is 5.65 Å². The van der Waals surface area contributed by atoms with Gasteiger partial charge >= 0.3 is 0 Å². The fourth-order valence-electron chi connectivity index (χ4n) is 2.03. The molecule has 0 aliphatic rings. The Morgan fingerprint density at radius 1 is 1.18 bits per heavy atom. The van der Waals surface area contributed by atoms with E-state index in [1.807, 2.05) is 37.3 Å². The zero-order valence-electron chi connectivity index (χ0n) is 9.34. The average Bonchev–Trinajstić information content (AvgIpc) is 2.68. The van der Waals surface area contributed by atoms with Crippen molar-refractivity contribution in [2.45, 2.75) is 6.92 Å². The molecule has 2 heterocycles. The van der Waals surface area contributed by atoms with Gasteiger partial charge in [-0.05, 0) is 12.5 Å². The summed E-state index contributed by atoms with van der Waals surface area (Å²) in [4.78, 5) is 15.9. The van der Waals surface area contributed by atoms with E-state index >= 15 is 0 Å². The van der Waals surface area contributed by atoms with Gasteiger partial charge in [0.1, 0.15) is 0 Å². The van der Waals surface area contributed by atoms with Crippen molar-refractivity contribution in [3.63, 3.8) is 0 Å². The van der Waals surface area contributed by atoms with Crippen molar-refractivity contribution in [2.75, 3.05) is 0 Å². The molecule has 1 aromatic carbocycles. The largest absolute Gasteiger partial charge is 0.293 e. The predicted molar refractivity (Wildman–Crippen MR) is 66.0 cm³/mol. The molecular weight excluding hydrogens is 214 g/mol. The van der Waals surface area contributed by atoms with E-state index in [1.165, 1.54) is 16.8 Å². The first-order valence-electron chi connectivity index (χ1n) is 5.39. The van der Waals surface area contributed by atoms with Gasteiger partial charge in [0.25, 0.3) is 5.56 Å². The summed E-state index contributed by atoms with van der Waals surface area (Å²) in [5.74, 6) is 0. The minimum Gasteiger partial charge on any atom is -0.293 e. The van der Waals surface area contributed by atoms with Crippen molar-refractivity contribution < 1.29 is 0 Å². The molecule has 0 saturated heterocycles. The van der Waals surface area contributed by atoms with Gasteiger partial charge in [-0.1, -0.05) is 30.3 Å². The summed E-state index contributed by atoms with van der Waals surface area (Å²) in [5, 5.41) is 3.04. The number of benzene rings is 1. The second kappa shape index (κ2) is 3.59. The van der Waals surface area contributed by atoms with E-state index in [2.05, 4.69) is 10.1 Å². The molecule has 4 heteroatoms. The van der Waals surface area contributed by atoms with Crippen LogP contribution in [0.2, 0.25) is 0 Å². The second-order valence-corrected chi connectivity index (χ2v) is 3.92. The third-order valence-corrected chi connectivity index (χ3v) is 2.79. The van der Waals surface area contributed by atoms with Gasteiger partial charge in [0.05, 0.1) is 0 Å². The van der Waals surface area contributed by atoms with E-state index in [4.69, 9.17) is 0 Å². The van der Waals surface area contributed by atoms with Crippen LogP contribution >= 0.6 is 0 Å². The van der Waals surface area contributed by atoms with Crippen LogP contribution in [0.1, 0.15) is 5.69 Å². The highest BCUT2D eigenvalue weighted by Crippen LogP contribution is 2.25. The van der Waals surface area contributed by atoms with Gasteiger partial charge in [-0.15, -0.1) is 0 Å². The predicted octanol–water partition coefficient (Wildman–Crippen LogP) is 2.00. The normalized spacial score (nSPS) is 10.9. The Hall–Kier alpha value is -2.36. The molecule has 0 bridgehead atoms. The van der Waals surface area contributed by atoms with Crippen LogP contribution in [0.3, 0.4) is 0 Å². The van der Waals surface area contributed by atoms with Crippen molar-refractivity contribution in [2.24, 2.45) is 0 Å². The molecule has 1 N–H and O–H groups in total. The smallest absolute Gasteiger partial charge is 0.272 e. The molecule has 0 aliphatic heterocycles. The number of nitrogens with one attached hydrogen (secondary N) is 1. The molecule has 0 spiro atoms. The van der Waals surface area contributed by atoms with Gasteiger partial charge in [0.2, 0.25) is 0 Å². The molecule has 2 aromatic heterocycles. The maximum absolute atomic E-state index is 11.7. The Morgan fingerprint density at radius 3 is 2.71 bits per heavy atom. The quantitative estimate of drug-likeness (QED) is 0.688. The van der Waals surface area contributed by atoms with Gasteiger partial charge in [-0.25, -0.2) is 9.50 Å². The molecule has 0 aliphatic carbocycles. The minimum absolute atomic E-state index is 0.0970. The molecule has 0 unspecified atom stereocenters. The number of fused-ring (bicyclic) bond motifs is 1. The van der Waals surface area contributed by atoms with Crippen LogP contribution in [-0.2, 0) is 0 Å². The monoisotopic (exact) mass is 225 g/mol. The SMILES string of the molecule is Cc1[nH]n2c(=O)ccnc2c1-c1ccccc1. The molecule has 84 valence electrons. The van der Waals surface area contributed by atoms with E-state index in [9.17, 15) is 4.79 Å². The summed E-state index contributed by atoms with van der Waals surface area (Å²) < 4.78 is 1.47. The maximum Gasteiger partial charge on any atom is 0.272 e. The third kappa shape index (κ3) is 1.45. The Bertz CT molecular complexity index is 725. The summed E-state index contributed by atoms with van der Waals surface area (Å²) in [7, 11) is 0. The summed E-state index contributed by atoms with van der Waals surface area (Å²) in [6.45, 7) is 1.94. The van der Waals surface area contributed by atoms with E-state index in [0.29, 0.717) is 5.65 Å². The van der Waals surface area contributed by atoms with Gasteiger partial charge in [-0.3, -0.25) is 9.89 Å². The fraction of sp³-hybridized carbons (Fsp3) is 0.0769. The molecule has 0 amide bonds. The van der Waals surface area contributed by atoms with Gasteiger partial charge in [-0.2, -0.15) is 0 Å². The fourth-order valence-corrected chi connectivity index (χ4v) is 2.03. The van der Waals surface area contributed by atoms with Gasteiger partial charge < -0.3 is 0 Å². The highest BCUT2D eigenvalue weighted by atomic mass is 16.1. The Labute approximate surface area is 97.5 Å². The molecule has 3 aromatic rings. The van der Waals surface area contributed by atoms with E-state index in [-0.39, 0.29) is 5.56 Å². The standard InChI is InChI=1S/C13H11N3O/c1-9-12(10-5-3-2-4-6-10)13-14-8-7-11(17)16(13)15-9/h2-8,15H,1H3. The average molecular weight is 225 g/mol. The van der Waals surface area contributed by atoms with Crippen molar-refractivity contribution in [1.29, 1.82) is 0 Å². The summed E-state index contributed by atoms with van der Waals surface area (Å²) in [5.41, 5.74) is 3.54. The minimum atomic E-state index is -0.0970. The lowest BCUT2D eigenvalue weighted by molar-refractivity contribution is 0.881. The molecule has 0 saturated carbocycles. The van der Waals surface area contributed by atoms with Crippen LogP contribution in [0, 0.1) is 6.92 Å². The van der Waals surface area contributed by atoms with E-state index < -0.39 is 0 Å². The van der Waals surface area contributed by atoms with Crippen LogP contribution < -0.4 is 5.56 Å². The molecule has 0 radical (unpaired) electrons. The number of aryl methyl sites for hydroxylation is 1. The lowest BCUT2D eigenvalue weighted by atomic mass is 10.1. The van der Waals surface area contributed by atoms with Crippen LogP contribution in [0.15, 0.2) is 47.4 Å². The Balaban J connectivity index is 2.41. The molecule has 3 rings (SSSR count). The number of nitrogens with zero attached hydrogens (tertiary/aromatic N) is 2. The summed E-state index contributed by atoms with van der Waals surface area (Å²) >= 11 is 0. The Morgan fingerprint density at radius 2 is 1.94 bits per heavy atom. The summed E-state index contributed by atoms with van der Waals surface area (Å²) in [6.07, 6.45) is 1.54. The number of aromatic amines is 1. The van der Waals surface area contributed by atoms with Gasteiger partial charge in [0.15, 0.2) is 5.65 Å².